The molecule has 2 rings (SSSR count). The fourth-order valence-corrected chi connectivity index (χ4v) is 1.63. The van der Waals surface area contributed by atoms with Gasteiger partial charge in [-0.25, -0.2) is 15.0 Å². The van der Waals surface area contributed by atoms with Gasteiger partial charge < -0.3 is 9.88 Å². The van der Waals surface area contributed by atoms with Gasteiger partial charge in [0.2, 0.25) is 0 Å². The molecule has 0 unspecified atom stereocenters. The first-order valence-electron chi connectivity index (χ1n) is 5.84. The van der Waals surface area contributed by atoms with Crippen LogP contribution in [0.25, 0.3) is 11.6 Å². The lowest BCUT2D eigenvalue weighted by Crippen LogP contribution is -2.05. The molecule has 2 aromatic rings. The average Bonchev–Trinajstić information content (AvgIpc) is 2.75. The fraction of sp³-hybridized carbons (Fsp3) is 0.417. The van der Waals surface area contributed by atoms with Crippen LogP contribution in [0.1, 0.15) is 19.5 Å². The van der Waals surface area contributed by atoms with Crippen molar-refractivity contribution in [2.75, 3.05) is 11.9 Å². The second-order valence-electron chi connectivity index (χ2n) is 3.81. The molecular weight excluding hydrogens is 214 g/mol. The Morgan fingerprint density at radius 3 is 2.71 bits per heavy atom. The minimum Gasteiger partial charge on any atom is -0.370 e. The maximum atomic E-state index is 4.50. The minimum absolute atomic E-state index is 0.674. The highest BCUT2D eigenvalue weighted by Crippen LogP contribution is 2.16. The largest absolute Gasteiger partial charge is 0.370 e. The predicted octanol–water partition coefficient (Wildman–Crippen LogP) is 1.87. The molecule has 2 aromatic heterocycles. The van der Waals surface area contributed by atoms with Gasteiger partial charge in [-0.15, -0.1) is 0 Å². The molecule has 0 radical (unpaired) electrons. The highest BCUT2D eigenvalue weighted by molar-refractivity contribution is 5.49. The van der Waals surface area contributed by atoms with Crippen LogP contribution in [-0.4, -0.2) is 26.1 Å². The molecule has 0 aliphatic rings. The maximum absolute atomic E-state index is 4.50. The lowest BCUT2D eigenvalue weighted by Gasteiger charge is -2.07. The molecule has 90 valence electrons. The van der Waals surface area contributed by atoms with Gasteiger partial charge in [0.25, 0.3) is 0 Å². The van der Waals surface area contributed by atoms with Crippen molar-refractivity contribution in [2.45, 2.75) is 20.3 Å². The van der Waals surface area contributed by atoms with Gasteiger partial charge >= 0.3 is 0 Å². The molecule has 0 saturated heterocycles. The zero-order chi connectivity index (χ0) is 12.3. The van der Waals surface area contributed by atoms with Crippen molar-refractivity contribution in [2.24, 2.45) is 7.05 Å². The Labute approximate surface area is 101 Å². The second-order valence-corrected chi connectivity index (χ2v) is 3.81. The molecule has 0 aromatic carbocycles. The van der Waals surface area contributed by atoms with Crippen molar-refractivity contribution >= 4 is 5.82 Å². The normalized spacial score (nSPS) is 10.5. The lowest BCUT2D eigenvalue weighted by molar-refractivity contribution is 0.895. The summed E-state index contributed by atoms with van der Waals surface area (Å²) in [7, 11) is 1.94. The molecule has 17 heavy (non-hydrogen) atoms. The molecule has 1 N–H and O–H groups in total. The number of rotatable bonds is 4. The molecule has 0 aliphatic heterocycles. The number of imidazole rings is 1. The van der Waals surface area contributed by atoms with Crippen molar-refractivity contribution in [1.29, 1.82) is 0 Å². The molecule has 0 saturated carbocycles. The Morgan fingerprint density at radius 2 is 2.12 bits per heavy atom. The van der Waals surface area contributed by atoms with Crippen molar-refractivity contribution in [3.8, 4) is 11.6 Å². The van der Waals surface area contributed by atoms with Gasteiger partial charge in [0.05, 0.1) is 0 Å². The Balaban J connectivity index is 2.46. The molecule has 0 fully saturated rings. The summed E-state index contributed by atoms with van der Waals surface area (Å²) in [5, 5.41) is 3.22. The van der Waals surface area contributed by atoms with Gasteiger partial charge in [-0.05, 0) is 13.3 Å². The van der Waals surface area contributed by atoms with E-state index in [-0.39, 0.29) is 0 Å². The van der Waals surface area contributed by atoms with Gasteiger partial charge in [0, 0.05) is 37.7 Å². The zero-order valence-corrected chi connectivity index (χ0v) is 10.4. The summed E-state index contributed by atoms with van der Waals surface area (Å²) in [6, 6.07) is 1.98. The van der Waals surface area contributed by atoms with Crippen LogP contribution in [0.2, 0.25) is 0 Å². The van der Waals surface area contributed by atoms with E-state index in [1.807, 2.05) is 30.8 Å². The summed E-state index contributed by atoms with van der Waals surface area (Å²) < 4.78 is 1.92. The number of aromatic nitrogens is 4. The molecular formula is C12H17N5. The summed E-state index contributed by atoms with van der Waals surface area (Å²) in [5.74, 6) is 2.32. The summed E-state index contributed by atoms with van der Waals surface area (Å²) in [6.07, 6.45) is 4.53. The summed E-state index contributed by atoms with van der Waals surface area (Å²) in [4.78, 5) is 13.2. The molecule has 5 heteroatoms. The standard InChI is InChI=1S/C12H17N5/c1-4-9-8-10(13-5-2)16-11(15-9)12-14-6-7-17(12)3/h6-8H,4-5H2,1-3H3,(H,13,15,16). The summed E-state index contributed by atoms with van der Waals surface area (Å²) in [5.41, 5.74) is 1.02. The van der Waals surface area contributed by atoms with Crippen LogP contribution in [0.5, 0.6) is 0 Å². The van der Waals surface area contributed by atoms with Crippen LogP contribution in [0, 0.1) is 0 Å². The van der Waals surface area contributed by atoms with Gasteiger partial charge in [-0.3, -0.25) is 0 Å². The Bertz CT molecular complexity index is 503. The number of nitrogens with one attached hydrogen (secondary N) is 1. The molecule has 2 heterocycles. The molecule has 5 nitrogen and oxygen atoms in total. The average molecular weight is 231 g/mol. The van der Waals surface area contributed by atoms with E-state index in [1.54, 1.807) is 6.20 Å². The molecule has 0 spiro atoms. The number of aryl methyl sites for hydroxylation is 2. The first-order chi connectivity index (χ1) is 8.24. The van der Waals surface area contributed by atoms with Crippen LogP contribution in [0.4, 0.5) is 5.82 Å². The van der Waals surface area contributed by atoms with E-state index in [2.05, 4.69) is 27.2 Å². The van der Waals surface area contributed by atoms with Crippen LogP contribution in [0.15, 0.2) is 18.5 Å². The smallest absolute Gasteiger partial charge is 0.198 e. The van der Waals surface area contributed by atoms with Crippen molar-refractivity contribution in [1.82, 2.24) is 19.5 Å². The Morgan fingerprint density at radius 1 is 1.29 bits per heavy atom. The van der Waals surface area contributed by atoms with Gasteiger partial charge in [0.15, 0.2) is 11.6 Å². The summed E-state index contributed by atoms with van der Waals surface area (Å²) >= 11 is 0. The van der Waals surface area contributed by atoms with E-state index >= 15 is 0 Å². The quantitative estimate of drug-likeness (QED) is 0.872. The van der Waals surface area contributed by atoms with Crippen LogP contribution < -0.4 is 5.32 Å². The van der Waals surface area contributed by atoms with Gasteiger partial charge in [-0.1, -0.05) is 6.92 Å². The van der Waals surface area contributed by atoms with Gasteiger partial charge in [-0.2, -0.15) is 0 Å². The number of anilines is 1. The summed E-state index contributed by atoms with van der Waals surface area (Å²) in [6.45, 7) is 4.98. The van der Waals surface area contributed by atoms with E-state index in [4.69, 9.17) is 0 Å². The van der Waals surface area contributed by atoms with E-state index in [9.17, 15) is 0 Å². The SMILES string of the molecule is CCNc1cc(CC)nc(-c2nccn2C)n1. The van der Waals surface area contributed by atoms with Gasteiger partial charge in [0.1, 0.15) is 5.82 Å². The van der Waals surface area contributed by atoms with Crippen molar-refractivity contribution in [3.63, 3.8) is 0 Å². The van der Waals surface area contributed by atoms with Crippen LogP contribution >= 0.6 is 0 Å². The topological polar surface area (TPSA) is 55.6 Å². The molecule has 0 amide bonds. The minimum atomic E-state index is 0.674. The second kappa shape index (κ2) is 4.95. The monoisotopic (exact) mass is 231 g/mol. The molecule has 0 bridgehead atoms. The van der Waals surface area contributed by atoms with E-state index in [0.717, 1.165) is 30.3 Å². The zero-order valence-electron chi connectivity index (χ0n) is 10.4. The third-order valence-electron chi connectivity index (χ3n) is 2.52. The van der Waals surface area contributed by atoms with E-state index in [1.165, 1.54) is 0 Å². The third kappa shape index (κ3) is 2.43. The predicted molar refractivity (Wildman–Crippen MR) is 67.8 cm³/mol. The van der Waals surface area contributed by atoms with Crippen molar-refractivity contribution < 1.29 is 0 Å². The first kappa shape index (κ1) is 11.6. The number of hydrogen-bond acceptors (Lipinski definition) is 4. The van der Waals surface area contributed by atoms with E-state index < -0.39 is 0 Å². The highest BCUT2D eigenvalue weighted by atomic mass is 15.1. The Hall–Kier alpha value is -1.91. The third-order valence-corrected chi connectivity index (χ3v) is 2.52. The highest BCUT2D eigenvalue weighted by Gasteiger charge is 2.09. The Kier molecular flexibility index (Phi) is 3.37. The number of hydrogen-bond donors (Lipinski definition) is 1. The van der Waals surface area contributed by atoms with Crippen molar-refractivity contribution in [3.05, 3.63) is 24.2 Å². The maximum Gasteiger partial charge on any atom is 0.198 e. The lowest BCUT2D eigenvalue weighted by atomic mass is 10.3. The fourth-order valence-electron chi connectivity index (χ4n) is 1.63. The van der Waals surface area contributed by atoms with Crippen LogP contribution in [0.3, 0.4) is 0 Å². The van der Waals surface area contributed by atoms with E-state index in [0.29, 0.717) is 5.82 Å². The first-order valence-corrected chi connectivity index (χ1v) is 5.84. The molecule has 0 aliphatic carbocycles. The van der Waals surface area contributed by atoms with Crippen LogP contribution in [-0.2, 0) is 13.5 Å². The number of nitrogens with zero attached hydrogens (tertiary/aromatic N) is 4. The molecule has 0 atom stereocenters.